The topological polar surface area (TPSA) is 66.5 Å². The molecule has 1 heterocycles. The zero-order valence-electron chi connectivity index (χ0n) is 12.4. The first-order chi connectivity index (χ1) is 11.5. The van der Waals surface area contributed by atoms with Crippen LogP contribution in [-0.4, -0.2) is 29.2 Å². The third-order valence-corrected chi connectivity index (χ3v) is 4.05. The molecule has 0 fully saturated rings. The Morgan fingerprint density at radius 3 is 2.54 bits per heavy atom. The Morgan fingerprint density at radius 2 is 1.83 bits per heavy atom. The van der Waals surface area contributed by atoms with Crippen molar-refractivity contribution in [3.05, 3.63) is 70.0 Å². The van der Waals surface area contributed by atoms with E-state index in [1.165, 1.54) is 12.1 Å². The molecule has 0 aliphatic carbocycles. The van der Waals surface area contributed by atoms with Crippen LogP contribution in [0.5, 0.6) is 0 Å². The molecule has 3 rings (SSSR count). The van der Waals surface area contributed by atoms with Crippen molar-refractivity contribution in [2.75, 3.05) is 6.54 Å². The molecule has 1 N–H and O–H groups in total. The van der Waals surface area contributed by atoms with Crippen LogP contribution in [0, 0.1) is 5.82 Å². The lowest BCUT2D eigenvalue weighted by Crippen LogP contribution is -2.40. The molecule has 0 aromatic heterocycles. The molecule has 2 aromatic carbocycles. The summed E-state index contributed by atoms with van der Waals surface area (Å²) in [5.74, 6) is -2.79. The Hall–Kier alpha value is -2.73. The quantitative estimate of drug-likeness (QED) is 0.864. The maximum atomic E-state index is 13.7. The highest BCUT2D eigenvalue weighted by Gasteiger charge is 2.38. The van der Waals surface area contributed by atoms with Crippen molar-refractivity contribution >= 4 is 29.3 Å². The molecule has 1 aliphatic heterocycles. The van der Waals surface area contributed by atoms with Crippen LogP contribution in [0.25, 0.3) is 0 Å². The Morgan fingerprint density at radius 1 is 1.08 bits per heavy atom. The van der Waals surface area contributed by atoms with Gasteiger partial charge in [0.05, 0.1) is 11.1 Å². The number of imide groups is 1. The van der Waals surface area contributed by atoms with Gasteiger partial charge >= 0.3 is 0 Å². The van der Waals surface area contributed by atoms with E-state index in [-0.39, 0.29) is 17.7 Å². The first kappa shape index (κ1) is 16.1. The van der Waals surface area contributed by atoms with E-state index in [1.807, 2.05) is 0 Å². The zero-order chi connectivity index (χ0) is 17.3. The normalized spacial score (nSPS) is 13.2. The van der Waals surface area contributed by atoms with Crippen LogP contribution in [0.4, 0.5) is 4.39 Å². The minimum Gasteiger partial charge on any atom is -0.350 e. The summed E-state index contributed by atoms with van der Waals surface area (Å²) in [5.41, 5.74) is 0.390. The number of benzene rings is 2. The smallest absolute Gasteiger partial charge is 0.265 e. The van der Waals surface area contributed by atoms with Gasteiger partial charge in [0.1, 0.15) is 12.4 Å². The molecule has 0 unspecified atom stereocenters. The molecule has 2 aromatic rings. The summed E-state index contributed by atoms with van der Waals surface area (Å²) in [4.78, 5) is 37.1. The number of carbonyl (C=O) groups is 3. The first-order valence-electron chi connectivity index (χ1n) is 7.14. The van der Waals surface area contributed by atoms with Gasteiger partial charge in [0.25, 0.3) is 11.8 Å². The second-order valence-electron chi connectivity index (χ2n) is 5.23. The second kappa shape index (κ2) is 6.41. The van der Waals surface area contributed by atoms with Gasteiger partial charge in [0.2, 0.25) is 5.91 Å². The van der Waals surface area contributed by atoms with Gasteiger partial charge in [-0.15, -0.1) is 0 Å². The minimum atomic E-state index is -0.805. The van der Waals surface area contributed by atoms with Crippen LogP contribution < -0.4 is 5.32 Å². The van der Waals surface area contributed by atoms with Gasteiger partial charge < -0.3 is 5.32 Å². The van der Waals surface area contributed by atoms with Gasteiger partial charge in [-0.1, -0.05) is 35.9 Å². The lowest BCUT2D eigenvalue weighted by molar-refractivity contribution is -0.121. The maximum Gasteiger partial charge on any atom is 0.265 e. The zero-order valence-corrected chi connectivity index (χ0v) is 13.1. The van der Waals surface area contributed by atoms with Crippen molar-refractivity contribution in [1.29, 1.82) is 0 Å². The SMILES string of the molecule is O=C(CN1C(=O)c2cccc(F)c2C1=O)NCc1ccccc1Cl. The molecule has 24 heavy (non-hydrogen) atoms. The van der Waals surface area contributed by atoms with Gasteiger partial charge in [-0.05, 0) is 23.8 Å². The summed E-state index contributed by atoms with van der Waals surface area (Å²) in [6, 6.07) is 10.8. The fourth-order valence-electron chi connectivity index (χ4n) is 2.47. The van der Waals surface area contributed by atoms with E-state index in [0.29, 0.717) is 10.6 Å². The summed E-state index contributed by atoms with van der Waals surface area (Å²) in [5, 5.41) is 3.09. The van der Waals surface area contributed by atoms with Crippen molar-refractivity contribution in [3.8, 4) is 0 Å². The average molecular weight is 347 g/mol. The van der Waals surface area contributed by atoms with Crippen LogP contribution in [0.3, 0.4) is 0 Å². The molecule has 3 amide bonds. The lowest BCUT2D eigenvalue weighted by Gasteiger charge is -2.14. The summed E-state index contributed by atoms with van der Waals surface area (Å²) in [7, 11) is 0. The summed E-state index contributed by atoms with van der Waals surface area (Å²) in [6.45, 7) is -0.313. The van der Waals surface area contributed by atoms with Gasteiger partial charge in [-0.25, -0.2) is 4.39 Å². The first-order valence-corrected chi connectivity index (χ1v) is 7.51. The third kappa shape index (κ3) is 2.88. The fraction of sp³-hybridized carbons (Fsp3) is 0.118. The predicted molar refractivity (Wildman–Crippen MR) is 85.1 cm³/mol. The molecule has 0 saturated heterocycles. The number of hydrogen-bond donors (Lipinski definition) is 1. The van der Waals surface area contributed by atoms with Gasteiger partial charge in [-0.2, -0.15) is 0 Å². The summed E-state index contributed by atoms with van der Waals surface area (Å²) >= 11 is 5.99. The molecule has 0 bridgehead atoms. The number of carbonyl (C=O) groups excluding carboxylic acids is 3. The monoisotopic (exact) mass is 346 g/mol. The average Bonchev–Trinajstić information content (AvgIpc) is 2.80. The highest BCUT2D eigenvalue weighted by Crippen LogP contribution is 2.24. The number of fused-ring (bicyclic) bond motifs is 1. The molecular weight excluding hydrogens is 335 g/mol. The molecule has 1 aliphatic rings. The Balaban J connectivity index is 1.68. The van der Waals surface area contributed by atoms with Gasteiger partial charge in [-0.3, -0.25) is 19.3 Å². The van der Waals surface area contributed by atoms with E-state index in [1.54, 1.807) is 24.3 Å². The van der Waals surface area contributed by atoms with E-state index in [2.05, 4.69) is 5.32 Å². The number of rotatable bonds is 4. The summed E-state index contributed by atoms with van der Waals surface area (Å²) in [6.07, 6.45) is 0. The van der Waals surface area contributed by atoms with Crippen molar-refractivity contribution in [2.45, 2.75) is 6.54 Å². The van der Waals surface area contributed by atoms with Gasteiger partial charge in [0, 0.05) is 11.6 Å². The number of halogens is 2. The molecule has 122 valence electrons. The molecule has 0 saturated carbocycles. The van der Waals surface area contributed by atoms with Crippen LogP contribution in [-0.2, 0) is 11.3 Å². The number of nitrogens with zero attached hydrogens (tertiary/aromatic N) is 1. The van der Waals surface area contributed by atoms with Crippen molar-refractivity contribution in [1.82, 2.24) is 10.2 Å². The van der Waals surface area contributed by atoms with E-state index < -0.39 is 30.1 Å². The van der Waals surface area contributed by atoms with Crippen molar-refractivity contribution in [3.63, 3.8) is 0 Å². The van der Waals surface area contributed by atoms with Crippen LogP contribution >= 0.6 is 11.6 Å². The van der Waals surface area contributed by atoms with E-state index >= 15 is 0 Å². The van der Waals surface area contributed by atoms with Crippen LogP contribution in [0.1, 0.15) is 26.3 Å². The fourth-order valence-corrected chi connectivity index (χ4v) is 2.67. The van der Waals surface area contributed by atoms with E-state index in [4.69, 9.17) is 11.6 Å². The molecule has 5 nitrogen and oxygen atoms in total. The van der Waals surface area contributed by atoms with Crippen molar-refractivity contribution in [2.24, 2.45) is 0 Å². The number of amides is 3. The van der Waals surface area contributed by atoms with Gasteiger partial charge in [0.15, 0.2) is 0 Å². The predicted octanol–water partition coefficient (Wildman–Crippen LogP) is 2.39. The minimum absolute atomic E-state index is 0.0288. The molecule has 0 spiro atoms. The Labute approximate surface area is 142 Å². The van der Waals surface area contributed by atoms with E-state index in [9.17, 15) is 18.8 Å². The van der Waals surface area contributed by atoms with E-state index in [0.717, 1.165) is 11.0 Å². The number of hydrogen-bond acceptors (Lipinski definition) is 3. The Kier molecular flexibility index (Phi) is 4.31. The molecule has 7 heteroatoms. The maximum absolute atomic E-state index is 13.7. The van der Waals surface area contributed by atoms with Crippen LogP contribution in [0.15, 0.2) is 42.5 Å². The summed E-state index contributed by atoms with van der Waals surface area (Å²) < 4.78 is 13.7. The van der Waals surface area contributed by atoms with Crippen LogP contribution in [0.2, 0.25) is 5.02 Å². The standard InChI is InChI=1S/C17H12ClFN2O3/c18-12-6-2-1-4-10(12)8-20-14(22)9-21-16(23)11-5-3-7-13(19)15(11)17(21)24/h1-7H,8-9H2,(H,20,22). The second-order valence-corrected chi connectivity index (χ2v) is 5.63. The molecule has 0 radical (unpaired) electrons. The molecular formula is C17H12ClFN2O3. The Bertz CT molecular complexity index is 853. The molecule has 0 atom stereocenters. The van der Waals surface area contributed by atoms with Crippen molar-refractivity contribution < 1.29 is 18.8 Å². The number of nitrogens with one attached hydrogen (secondary N) is 1. The third-order valence-electron chi connectivity index (χ3n) is 3.68. The highest BCUT2D eigenvalue weighted by molar-refractivity contribution is 6.31. The largest absolute Gasteiger partial charge is 0.350 e. The highest BCUT2D eigenvalue weighted by atomic mass is 35.5. The lowest BCUT2D eigenvalue weighted by atomic mass is 10.1.